The first-order valence-corrected chi connectivity index (χ1v) is 12.1. The van der Waals surface area contributed by atoms with Gasteiger partial charge in [-0.15, -0.1) is 11.3 Å². The summed E-state index contributed by atoms with van der Waals surface area (Å²) in [6, 6.07) is 19.2. The molecule has 4 rings (SSSR count). The largest absolute Gasteiger partial charge is 0.380 e. The van der Waals surface area contributed by atoms with Crippen LogP contribution in [0, 0.1) is 11.5 Å². The van der Waals surface area contributed by atoms with Crippen LogP contribution in [-0.4, -0.2) is 23.4 Å². The fraction of sp³-hybridized carbons (Fsp3) is 0.154. The molecule has 0 aliphatic rings. The Morgan fingerprint density at radius 2 is 1.91 bits per heavy atom. The van der Waals surface area contributed by atoms with E-state index in [4.69, 9.17) is 5.26 Å². The minimum atomic E-state index is -0.200. The summed E-state index contributed by atoms with van der Waals surface area (Å²) < 4.78 is 0. The lowest BCUT2D eigenvalue weighted by Gasteiger charge is -2.12. The van der Waals surface area contributed by atoms with Gasteiger partial charge in [0.2, 0.25) is 5.96 Å². The lowest BCUT2D eigenvalue weighted by Crippen LogP contribution is -2.27. The van der Waals surface area contributed by atoms with Crippen molar-refractivity contribution in [3.63, 3.8) is 0 Å². The number of amides is 1. The standard InChI is InChI=1S/C26H25N7OS/c1-2-12-29-26(31-17-27)33-20-7-5-6-19(15-20)32-25(34)24-23(11-14-35-24)30-16-18-10-13-28-22-9-4-3-8-21(18)22/h3-11,13-15,30H,2,12,16H2,1H3,(H,32,34)(H2,29,31,33). The molecule has 0 aliphatic heterocycles. The Labute approximate surface area is 207 Å². The second-order valence-electron chi connectivity index (χ2n) is 7.63. The number of hydrogen-bond donors (Lipinski definition) is 4. The predicted octanol–water partition coefficient (Wildman–Crippen LogP) is 5.41. The number of aliphatic imine (C=N–C) groups is 1. The molecule has 0 atom stereocenters. The Bertz CT molecular complexity index is 1380. The quantitative estimate of drug-likeness (QED) is 0.115. The normalized spacial score (nSPS) is 11.0. The van der Waals surface area contributed by atoms with Gasteiger partial charge in [0, 0.05) is 36.0 Å². The molecule has 0 bridgehead atoms. The molecule has 0 saturated heterocycles. The van der Waals surface area contributed by atoms with E-state index in [0.717, 1.165) is 28.6 Å². The molecular formula is C26H25N7OS. The van der Waals surface area contributed by atoms with Crippen LogP contribution in [0.1, 0.15) is 28.6 Å². The monoisotopic (exact) mass is 483 g/mol. The number of para-hydroxylation sites is 1. The van der Waals surface area contributed by atoms with Crippen LogP contribution >= 0.6 is 11.3 Å². The average Bonchev–Trinajstić information content (AvgIpc) is 3.35. The van der Waals surface area contributed by atoms with Crippen LogP contribution in [-0.2, 0) is 6.54 Å². The third-order valence-corrected chi connectivity index (χ3v) is 6.04. The summed E-state index contributed by atoms with van der Waals surface area (Å²) in [6.45, 7) is 3.18. The number of nitriles is 1. The van der Waals surface area contributed by atoms with E-state index in [-0.39, 0.29) is 5.91 Å². The van der Waals surface area contributed by atoms with Gasteiger partial charge in [-0.1, -0.05) is 31.2 Å². The van der Waals surface area contributed by atoms with Gasteiger partial charge in [0.15, 0.2) is 6.19 Å². The molecule has 0 aliphatic carbocycles. The highest BCUT2D eigenvalue weighted by Gasteiger charge is 2.14. The molecule has 4 aromatic rings. The molecule has 2 heterocycles. The minimum absolute atomic E-state index is 0.200. The molecule has 1 amide bonds. The summed E-state index contributed by atoms with van der Waals surface area (Å²) in [6.07, 6.45) is 4.54. The number of benzene rings is 2. The fourth-order valence-corrected chi connectivity index (χ4v) is 4.28. The highest BCUT2D eigenvalue weighted by molar-refractivity contribution is 7.12. The van der Waals surface area contributed by atoms with Crippen LogP contribution in [0.4, 0.5) is 17.1 Å². The van der Waals surface area contributed by atoms with Gasteiger partial charge in [-0.2, -0.15) is 5.26 Å². The number of nitrogens with one attached hydrogen (secondary N) is 4. The van der Waals surface area contributed by atoms with Crippen molar-refractivity contribution in [2.75, 3.05) is 22.5 Å². The summed E-state index contributed by atoms with van der Waals surface area (Å²) in [5.74, 6) is 0.167. The smallest absolute Gasteiger partial charge is 0.267 e. The zero-order valence-electron chi connectivity index (χ0n) is 19.2. The van der Waals surface area contributed by atoms with E-state index in [1.807, 2.05) is 73.1 Å². The molecule has 0 spiro atoms. The predicted molar refractivity (Wildman–Crippen MR) is 143 cm³/mol. The molecule has 35 heavy (non-hydrogen) atoms. The number of carbonyl (C=O) groups is 1. The molecule has 8 nitrogen and oxygen atoms in total. The average molecular weight is 484 g/mol. The number of carbonyl (C=O) groups excluding carboxylic acids is 1. The Hall–Kier alpha value is -4.42. The molecule has 4 N–H and O–H groups in total. The van der Waals surface area contributed by atoms with E-state index < -0.39 is 0 Å². The number of thiophene rings is 1. The highest BCUT2D eigenvalue weighted by Crippen LogP contribution is 2.26. The first-order valence-electron chi connectivity index (χ1n) is 11.2. The zero-order valence-corrected chi connectivity index (χ0v) is 20.0. The van der Waals surface area contributed by atoms with Gasteiger partial charge in [-0.05, 0) is 53.8 Å². The molecule has 0 unspecified atom stereocenters. The first kappa shape index (κ1) is 23.7. The highest BCUT2D eigenvalue weighted by atomic mass is 32.1. The summed E-state index contributed by atoms with van der Waals surface area (Å²) in [5.41, 5.74) is 4.16. The molecule has 0 fully saturated rings. The van der Waals surface area contributed by atoms with Crippen LogP contribution in [0.2, 0.25) is 0 Å². The van der Waals surface area contributed by atoms with Crippen molar-refractivity contribution < 1.29 is 4.79 Å². The number of rotatable bonds is 8. The van der Waals surface area contributed by atoms with Crippen molar-refractivity contribution in [2.45, 2.75) is 19.9 Å². The number of fused-ring (bicyclic) bond motifs is 1. The van der Waals surface area contributed by atoms with Gasteiger partial charge in [0.05, 0.1) is 11.2 Å². The third-order valence-electron chi connectivity index (χ3n) is 5.13. The number of aromatic nitrogens is 1. The van der Waals surface area contributed by atoms with E-state index in [0.29, 0.717) is 35.3 Å². The number of nitrogens with zero attached hydrogens (tertiary/aromatic N) is 3. The van der Waals surface area contributed by atoms with E-state index in [1.54, 1.807) is 12.3 Å². The van der Waals surface area contributed by atoms with Gasteiger partial charge in [-0.25, -0.2) is 0 Å². The van der Waals surface area contributed by atoms with Crippen LogP contribution in [0.5, 0.6) is 0 Å². The van der Waals surface area contributed by atoms with Gasteiger partial charge in [0.1, 0.15) is 4.88 Å². The van der Waals surface area contributed by atoms with Crippen molar-refractivity contribution in [1.82, 2.24) is 10.3 Å². The molecule has 0 radical (unpaired) electrons. The Balaban J connectivity index is 1.44. The third kappa shape index (κ3) is 6.13. The molecule has 2 aromatic carbocycles. The van der Waals surface area contributed by atoms with Crippen molar-refractivity contribution in [3.05, 3.63) is 82.7 Å². The molecule has 0 saturated carbocycles. The zero-order chi connectivity index (χ0) is 24.5. The van der Waals surface area contributed by atoms with Crippen LogP contribution in [0.15, 0.2) is 77.2 Å². The van der Waals surface area contributed by atoms with E-state index >= 15 is 0 Å². The maximum atomic E-state index is 13.0. The van der Waals surface area contributed by atoms with E-state index in [1.165, 1.54) is 11.3 Å². The van der Waals surface area contributed by atoms with Gasteiger partial charge in [-0.3, -0.25) is 20.1 Å². The summed E-state index contributed by atoms with van der Waals surface area (Å²) in [7, 11) is 0. The Morgan fingerprint density at radius 1 is 1.09 bits per heavy atom. The number of guanidine groups is 1. The lowest BCUT2D eigenvalue weighted by molar-refractivity contribution is 0.103. The van der Waals surface area contributed by atoms with Gasteiger partial charge >= 0.3 is 0 Å². The van der Waals surface area contributed by atoms with Crippen LogP contribution in [0.25, 0.3) is 10.9 Å². The maximum absolute atomic E-state index is 13.0. The minimum Gasteiger partial charge on any atom is -0.380 e. The second-order valence-corrected chi connectivity index (χ2v) is 8.55. The van der Waals surface area contributed by atoms with Gasteiger partial charge < -0.3 is 16.0 Å². The van der Waals surface area contributed by atoms with Gasteiger partial charge in [0.25, 0.3) is 5.91 Å². The first-order chi connectivity index (χ1) is 17.2. The topological polar surface area (TPSA) is 114 Å². The molecule has 176 valence electrons. The Morgan fingerprint density at radius 3 is 2.74 bits per heavy atom. The van der Waals surface area contributed by atoms with Crippen molar-refractivity contribution in [1.29, 1.82) is 5.26 Å². The Kier molecular flexibility index (Phi) is 7.88. The maximum Gasteiger partial charge on any atom is 0.267 e. The van der Waals surface area contributed by atoms with E-state index in [9.17, 15) is 4.79 Å². The summed E-state index contributed by atoms with van der Waals surface area (Å²) in [4.78, 5) is 22.4. The van der Waals surface area contributed by atoms with Crippen LogP contribution in [0.3, 0.4) is 0 Å². The van der Waals surface area contributed by atoms with E-state index in [2.05, 4.69) is 31.2 Å². The molecule has 2 aromatic heterocycles. The van der Waals surface area contributed by atoms with Crippen molar-refractivity contribution in [2.24, 2.45) is 4.99 Å². The van der Waals surface area contributed by atoms with Crippen LogP contribution < -0.4 is 21.3 Å². The second kappa shape index (κ2) is 11.6. The molecular weight excluding hydrogens is 458 g/mol. The number of anilines is 3. The summed E-state index contributed by atoms with van der Waals surface area (Å²) >= 11 is 1.38. The fourth-order valence-electron chi connectivity index (χ4n) is 3.51. The number of hydrogen-bond acceptors (Lipinski definition) is 6. The van der Waals surface area contributed by atoms with Crippen molar-refractivity contribution in [3.8, 4) is 6.19 Å². The SMILES string of the molecule is CCCN=C(NC#N)Nc1cccc(NC(=O)c2sccc2NCc2ccnc3ccccc23)c1. The van der Waals surface area contributed by atoms with Crippen molar-refractivity contribution >= 4 is 51.2 Å². The summed E-state index contributed by atoms with van der Waals surface area (Å²) in [5, 5.41) is 23.9. The lowest BCUT2D eigenvalue weighted by atomic mass is 10.1. The molecule has 9 heteroatoms. The number of pyridine rings is 1.